The molecule has 3 nitrogen and oxygen atoms in total. The lowest BCUT2D eigenvalue weighted by atomic mass is 9.99. The number of ketones is 1. The molecule has 0 unspecified atom stereocenters. The molecule has 0 saturated heterocycles. The van der Waals surface area contributed by atoms with Crippen molar-refractivity contribution in [3.05, 3.63) is 83.8 Å². The summed E-state index contributed by atoms with van der Waals surface area (Å²) in [6, 6.07) is 19.6. The lowest BCUT2D eigenvalue weighted by Crippen LogP contribution is -2.09. The first-order valence-corrected chi connectivity index (χ1v) is 7.66. The van der Waals surface area contributed by atoms with Crippen LogP contribution in [0.3, 0.4) is 0 Å². The smallest absolute Gasteiger partial charge is 0.143 e. The zero-order chi connectivity index (χ0) is 16.1. The quantitative estimate of drug-likeness (QED) is 0.720. The number of nitrogens with zero attached hydrogens (tertiary/aromatic N) is 2. The van der Waals surface area contributed by atoms with Crippen molar-refractivity contribution in [3.8, 4) is 11.3 Å². The van der Waals surface area contributed by atoms with Crippen LogP contribution in [0.4, 0.5) is 0 Å². The van der Waals surface area contributed by atoms with Gasteiger partial charge in [-0.2, -0.15) is 0 Å². The molecule has 0 N–H and O–H groups in total. The summed E-state index contributed by atoms with van der Waals surface area (Å²) in [7, 11) is 0. The number of hydrogen-bond donors (Lipinski definition) is 0. The predicted octanol–water partition coefficient (Wildman–Crippen LogP) is 3.81. The Morgan fingerprint density at radius 2 is 1.70 bits per heavy atom. The summed E-state index contributed by atoms with van der Waals surface area (Å²) in [6.45, 7) is 1.96. The van der Waals surface area contributed by atoms with E-state index in [1.807, 2.05) is 67.6 Å². The SMILES string of the molecule is Cc1ccc(CC(=O)Cc2ccccn2)c(-c2ccccc2)n1. The molecule has 0 aliphatic rings. The molecular formula is C20H18N2O. The highest BCUT2D eigenvalue weighted by Gasteiger charge is 2.12. The van der Waals surface area contributed by atoms with Crippen LogP contribution in [0, 0.1) is 6.92 Å². The fraction of sp³-hybridized carbons (Fsp3) is 0.150. The van der Waals surface area contributed by atoms with Crippen molar-refractivity contribution >= 4 is 5.78 Å². The molecule has 1 aromatic carbocycles. The molecule has 0 amide bonds. The molecular weight excluding hydrogens is 284 g/mol. The van der Waals surface area contributed by atoms with Crippen LogP contribution in [0.25, 0.3) is 11.3 Å². The molecule has 0 spiro atoms. The van der Waals surface area contributed by atoms with Gasteiger partial charge in [-0.25, -0.2) is 0 Å². The van der Waals surface area contributed by atoms with Crippen molar-refractivity contribution in [2.24, 2.45) is 0 Å². The number of hydrogen-bond acceptors (Lipinski definition) is 3. The summed E-state index contributed by atoms with van der Waals surface area (Å²) in [5.41, 5.74) is 4.64. The Bertz CT molecular complexity index is 798. The molecule has 0 radical (unpaired) electrons. The van der Waals surface area contributed by atoms with E-state index in [4.69, 9.17) is 0 Å². The summed E-state index contributed by atoms with van der Waals surface area (Å²) in [4.78, 5) is 21.2. The summed E-state index contributed by atoms with van der Waals surface area (Å²) < 4.78 is 0. The molecule has 0 bridgehead atoms. The van der Waals surface area contributed by atoms with Crippen LogP contribution in [-0.2, 0) is 17.6 Å². The average Bonchev–Trinajstić information content (AvgIpc) is 2.58. The molecule has 2 heterocycles. The summed E-state index contributed by atoms with van der Waals surface area (Å²) in [6.07, 6.45) is 2.43. The Morgan fingerprint density at radius 1 is 0.913 bits per heavy atom. The van der Waals surface area contributed by atoms with Gasteiger partial charge in [-0.05, 0) is 30.7 Å². The van der Waals surface area contributed by atoms with E-state index in [1.165, 1.54) is 0 Å². The summed E-state index contributed by atoms with van der Waals surface area (Å²) in [5, 5.41) is 0. The van der Waals surface area contributed by atoms with E-state index < -0.39 is 0 Å². The number of rotatable bonds is 5. The van der Waals surface area contributed by atoms with Crippen molar-refractivity contribution in [1.82, 2.24) is 9.97 Å². The second kappa shape index (κ2) is 6.97. The molecule has 114 valence electrons. The molecule has 0 fully saturated rings. The minimum Gasteiger partial charge on any atom is -0.299 e. The Kier molecular flexibility index (Phi) is 4.57. The van der Waals surface area contributed by atoms with Crippen LogP contribution < -0.4 is 0 Å². The highest BCUT2D eigenvalue weighted by Crippen LogP contribution is 2.22. The number of benzene rings is 1. The van der Waals surface area contributed by atoms with Gasteiger partial charge in [0.25, 0.3) is 0 Å². The average molecular weight is 302 g/mol. The van der Waals surface area contributed by atoms with E-state index in [2.05, 4.69) is 9.97 Å². The molecule has 3 rings (SSSR count). The number of carbonyl (C=O) groups excluding carboxylic acids is 1. The minimum absolute atomic E-state index is 0.145. The van der Waals surface area contributed by atoms with Crippen molar-refractivity contribution in [2.45, 2.75) is 19.8 Å². The lowest BCUT2D eigenvalue weighted by Gasteiger charge is -2.09. The minimum atomic E-state index is 0.145. The van der Waals surface area contributed by atoms with Gasteiger partial charge in [-0.3, -0.25) is 14.8 Å². The molecule has 0 saturated carbocycles. The van der Waals surface area contributed by atoms with E-state index in [-0.39, 0.29) is 5.78 Å². The van der Waals surface area contributed by atoms with Crippen LogP contribution >= 0.6 is 0 Å². The Hall–Kier alpha value is -2.81. The third-order valence-electron chi connectivity index (χ3n) is 3.66. The summed E-state index contributed by atoms with van der Waals surface area (Å²) in [5.74, 6) is 0.145. The number of aryl methyl sites for hydroxylation is 1. The maximum Gasteiger partial charge on any atom is 0.143 e. The third-order valence-corrected chi connectivity index (χ3v) is 3.66. The molecule has 3 heteroatoms. The Labute approximate surface area is 136 Å². The van der Waals surface area contributed by atoms with E-state index in [0.717, 1.165) is 28.2 Å². The summed E-state index contributed by atoms with van der Waals surface area (Å²) >= 11 is 0. The van der Waals surface area contributed by atoms with E-state index in [1.54, 1.807) is 6.20 Å². The lowest BCUT2D eigenvalue weighted by molar-refractivity contribution is -0.117. The van der Waals surface area contributed by atoms with Crippen LogP contribution in [0.2, 0.25) is 0 Å². The fourth-order valence-electron chi connectivity index (χ4n) is 2.55. The molecule has 2 aromatic heterocycles. The van der Waals surface area contributed by atoms with Gasteiger partial charge in [0.2, 0.25) is 0 Å². The van der Waals surface area contributed by atoms with Crippen LogP contribution in [0.5, 0.6) is 0 Å². The van der Waals surface area contributed by atoms with Gasteiger partial charge in [-0.15, -0.1) is 0 Å². The first-order chi connectivity index (χ1) is 11.2. The van der Waals surface area contributed by atoms with Gasteiger partial charge in [0.05, 0.1) is 5.69 Å². The highest BCUT2D eigenvalue weighted by atomic mass is 16.1. The first kappa shape index (κ1) is 15.1. The van der Waals surface area contributed by atoms with Crippen molar-refractivity contribution < 1.29 is 4.79 Å². The van der Waals surface area contributed by atoms with Crippen LogP contribution in [0.1, 0.15) is 17.0 Å². The molecule has 3 aromatic rings. The van der Waals surface area contributed by atoms with Crippen LogP contribution in [-0.4, -0.2) is 15.8 Å². The Morgan fingerprint density at radius 3 is 2.43 bits per heavy atom. The van der Waals surface area contributed by atoms with Crippen molar-refractivity contribution in [2.75, 3.05) is 0 Å². The first-order valence-electron chi connectivity index (χ1n) is 7.66. The van der Waals surface area contributed by atoms with Crippen molar-refractivity contribution in [1.29, 1.82) is 0 Å². The zero-order valence-electron chi connectivity index (χ0n) is 13.1. The van der Waals surface area contributed by atoms with E-state index in [9.17, 15) is 4.79 Å². The molecule has 0 aliphatic carbocycles. The molecule has 0 atom stereocenters. The van der Waals surface area contributed by atoms with Gasteiger partial charge in [-0.1, -0.05) is 42.5 Å². The largest absolute Gasteiger partial charge is 0.299 e. The highest BCUT2D eigenvalue weighted by molar-refractivity contribution is 5.84. The fourth-order valence-corrected chi connectivity index (χ4v) is 2.55. The second-order valence-electron chi connectivity index (χ2n) is 5.54. The number of carbonyl (C=O) groups is 1. The van der Waals surface area contributed by atoms with Crippen molar-refractivity contribution in [3.63, 3.8) is 0 Å². The standard InChI is InChI=1S/C20H18N2O/c1-15-10-11-17(20(22-15)16-7-3-2-4-8-16)13-19(23)14-18-9-5-6-12-21-18/h2-12H,13-14H2,1H3. The van der Waals surface area contributed by atoms with Gasteiger partial charge in [0, 0.05) is 36.0 Å². The zero-order valence-corrected chi connectivity index (χ0v) is 13.1. The van der Waals surface area contributed by atoms with Gasteiger partial charge in [0.1, 0.15) is 5.78 Å². The van der Waals surface area contributed by atoms with E-state index in [0.29, 0.717) is 12.8 Å². The third kappa shape index (κ3) is 3.89. The topological polar surface area (TPSA) is 42.9 Å². The van der Waals surface area contributed by atoms with Gasteiger partial charge >= 0.3 is 0 Å². The van der Waals surface area contributed by atoms with Gasteiger partial charge in [0.15, 0.2) is 0 Å². The number of pyridine rings is 2. The maximum atomic E-state index is 12.4. The predicted molar refractivity (Wildman–Crippen MR) is 91.1 cm³/mol. The second-order valence-corrected chi connectivity index (χ2v) is 5.54. The Balaban J connectivity index is 1.84. The number of aromatic nitrogens is 2. The van der Waals surface area contributed by atoms with Gasteiger partial charge < -0.3 is 0 Å². The normalized spacial score (nSPS) is 10.5. The monoisotopic (exact) mass is 302 g/mol. The molecule has 23 heavy (non-hydrogen) atoms. The van der Waals surface area contributed by atoms with E-state index >= 15 is 0 Å². The maximum absolute atomic E-state index is 12.4. The number of Topliss-reactive ketones (excluding diaryl/α,β-unsaturated/α-hetero) is 1. The molecule has 0 aliphatic heterocycles. The van der Waals surface area contributed by atoms with Crippen LogP contribution in [0.15, 0.2) is 66.9 Å².